The Bertz CT molecular complexity index is 660. The first-order valence-electron chi connectivity index (χ1n) is 9.61. The van der Waals surface area contributed by atoms with Gasteiger partial charge in [0, 0.05) is 32.0 Å². The average molecular weight is 376 g/mol. The predicted octanol–water partition coefficient (Wildman–Crippen LogP) is 2.58. The highest BCUT2D eigenvalue weighted by Gasteiger charge is 2.32. The summed E-state index contributed by atoms with van der Waals surface area (Å²) in [6, 6.07) is 6.38. The van der Waals surface area contributed by atoms with Crippen LogP contribution in [0, 0.1) is 12.8 Å². The molecule has 0 saturated carbocycles. The van der Waals surface area contributed by atoms with Crippen molar-refractivity contribution in [1.29, 1.82) is 0 Å². The molecule has 1 amide bonds. The van der Waals surface area contributed by atoms with E-state index >= 15 is 0 Å². The molecule has 1 aliphatic rings. The molecule has 1 aromatic carbocycles. The molecule has 0 bridgehead atoms. The van der Waals surface area contributed by atoms with E-state index in [0.717, 1.165) is 29.8 Å². The van der Waals surface area contributed by atoms with E-state index in [2.05, 4.69) is 4.90 Å². The van der Waals surface area contributed by atoms with Gasteiger partial charge in [-0.2, -0.15) is 0 Å². The average Bonchev–Trinajstić information content (AvgIpc) is 2.64. The number of amides is 1. The van der Waals surface area contributed by atoms with Crippen LogP contribution in [0.2, 0.25) is 0 Å². The van der Waals surface area contributed by atoms with E-state index in [1.165, 1.54) is 0 Å². The summed E-state index contributed by atoms with van der Waals surface area (Å²) in [4.78, 5) is 27.8. The fourth-order valence-corrected chi connectivity index (χ4v) is 3.95. The lowest BCUT2D eigenvalue weighted by Gasteiger charge is -2.41. The van der Waals surface area contributed by atoms with Gasteiger partial charge in [-0.05, 0) is 63.4 Å². The van der Waals surface area contributed by atoms with Crippen LogP contribution in [0.4, 0.5) is 0 Å². The molecule has 0 aromatic heterocycles. The minimum Gasteiger partial charge on any atom is -0.496 e. The number of carboxylic acid groups (broad SMARTS) is 1. The van der Waals surface area contributed by atoms with E-state index in [1.54, 1.807) is 7.11 Å². The molecule has 0 unspecified atom stereocenters. The molecule has 1 fully saturated rings. The number of carbonyl (C=O) groups excluding carboxylic acids is 1. The lowest BCUT2D eigenvalue weighted by molar-refractivity contribution is -0.137. The Morgan fingerprint density at radius 3 is 2.67 bits per heavy atom. The van der Waals surface area contributed by atoms with Crippen molar-refractivity contribution in [3.05, 3.63) is 29.3 Å². The lowest BCUT2D eigenvalue weighted by atomic mass is 9.87. The molecular formula is C21H32N2O4. The van der Waals surface area contributed by atoms with Crippen molar-refractivity contribution in [2.24, 2.45) is 5.92 Å². The van der Waals surface area contributed by atoms with Gasteiger partial charge in [0.2, 0.25) is 5.91 Å². The molecule has 6 nitrogen and oxygen atoms in total. The Labute approximate surface area is 162 Å². The minimum atomic E-state index is -0.774. The number of methoxy groups -OCH3 is 1. The Morgan fingerprint density at radius 1 is 1.30 bits per heavy atom. The second-order valence-electron chi connectivity index (χ2n) is 7.66. The number of carboxylic acids is 1. The third-order valence-corrected chi connectivity index (χ3v) is 5.54. The number of aryl methyl sites for hydroxylation is 2. The molecule has 1 aliphatic heterocycles. The number of ether oxygens (including phenoxy) is 1. The Kier molecular flexibility index (Phi) is 7.66. The SMILES string of the molecule is COc1cc(CCC(=O)N2CC[C@@H](N(C)C)[C@@H](CCC(=O)O)C2)ccc1C. The molecule has 2 rings (SSSR count). The van der Waals surface area contributed by atoms with Crippen LogP contribution in [0.15, 0.2) is 18.2 Å². The van der Waals surface area contributed by atoms with Crippen LogP contribution in [0.3, 0.4) is 0 Å². The second-order valence-corrected chi connectivity index (χ2v) is 7.66. The van der Waals surface area contributed by atoms with Crippen LogP contribution in [0.25, 0.3) is 0 Å². The molecule has 150 valence electrons. The standard InChI is InChI=1S/C21H32N2O4/c1-15-5-6-16(13-19(15)27-4)7-9-20(24)23-12-11-18(22(2)3)17(14-23)8-10-21(25)26/h5-6,13,17-18H,7-12,14H2,1-4H3,(H,25,26)/t17-,18+/m0/s1. The molecule has 6 heteroatoms. The molecule has 2 atom stereocenters. The quantitative estimate of drug-likeness (QED) is 0.755. The number of nitrogens with zero attached hydrogens (tertiary/aromatic N) is 2. The van der Waals surface area contributed by atoms with Crippen molar-refractivity contribution in [1.82, 2.24) is 9.80 Å². The van der Waals surface area contributed by atoms with Gasteiger partial charge >= 0.3 is 5.97 Å². The monoisotopic (exact) mass is 376 g/mol. The number of piperidine rings is 1. The number of aliphatic carboxylic acids is 1. The Hall–Kier alpha value is -2.08. The zero-order valence-corrected chi connectivity index (χ0v) is 16.9. The van der Waals surface area contributed by atoms with Crippen LogP contribution in [0.1, 0.15) is 36.8 Å². The number of hydrogen-bond donors (Lipinski definition) is 1. The summed E-state index contributed by atoms with van der Waals surface area (Å²) in [6.07, 6.45) is 2.80. The van der Waals surface area contributed by atoms with Crippen molar-refractivity contribution < 1.29 is 19.4 Å². The molecule has 27 heavy (non-hydrogen) atoms. The van der Waals surface area contributed by atoms with Gasteiger partial charge in [-0.15, -0.1) is 0 Å². The van der Waals surface area contributed by atoms with Gasteiger partial charge in [-0.1, -0.05) is 12.1 Å². The summed E-state index contributed by atoms with van der Waals surface area (Å²) in [5, 5.41) is 9.01. The van der Waals surface area contributed by atoms with Gasteiger partial charge < -0.3 is 19.6 Å². The van der Waals surface area contributed by atoms with E-state index < -0.39 is 5.97 Å². The normalized spacial score (nSPS) is 20.0. The van der Waals surface area contributed by atoms with Crippen LogP contribution < -0.4 is 4.74 Å². The van der Waals surface area contributed by atoms with Crippen LogP contribution in [0.5, 0.6) is 5.75 Å². The highest BCUT2D eigenvalue weighted by Crippen LogP contribution is 2.26. The number of rotatable bonds is 8. The van der Waals surface area contributed by atoms with E-state index in [4.69, 9.17) is 9.84 Å². The largest absolute Gasteiger partial charge is 0.496 e. The van der Waals surface area contributed by atoms with Crippen molar-refractivity contribution >= 4 is 11.9 Å². The van der Waals surface area contributed by atoms with Crippen LogP contribution in [-0.2, 0) is 16.0 Å². The summed E-state index contributed by atoms with van der Waals surface area (Å²) >= 11 is 0. The molecule has 1 N–H and O–H groups in total. The van der Waals surface area contributed by atoms with E-state index in [1.807, 2.05) is 44.1 Å². The zero-order valence-electron chi connectivity index (χ0n) is 16.9. The lowest BCUT2D eigenvalue weighted by Crippen LogP contribution is -2.50. The molecule has 0 spiro atoms. The van der Waals surface area contributed by atoms with Gasteiger partial charge in [0.25, 0.3) is 0 Å². The molecule has 1 aromatic rings. The van der Waals surface area contributed by atoms with E-state index in [0.29, 0.717) is 31.8 Å². The van der Waals surface area contributed by atoms with E-state index in [-0.39, 0.29) is 18.2 Å². The summed E-state index contributed by atoms with van der Waals surface area (Å²) in [5.41, 5.74) is 2.18. The number of hydrogen-bond acceptors (Lipinski definition) is 4. The van der Waals surface area contributed by atoms with Gasteiger partial charge in [-0.3, -0.25) is 9.59 Å². The highest BCUT2D eigenvalue weighted by molar-refractivity contribution is 5.76. The number of benzene rings is 1. The summed E-state index contributed by atoms with van der Waals surface area (Å²) in [7, 11) is 5.71. The highest BCUT2D eigenvalue weighted by atomic mass is 16.5. The van der Waals surface area contributed by atoms with E-state index in [9.17, 15) is 9.59 Å². The summed E-state index contributed by atoms with van der Waals surface area (Å²) in [5.74, 6) is 0.421. The fourth-order valence-electron chi connectivity index (χ4n) is 3.95. The molecule has 0 aliphatic carbocycles. The van der Waals surface area contributed by atoms with Crippen molar-refractivity contribution in [2.45, 2.75) is 45.1 Å². The first-order valence-corrected chi connectivity index (χ1v) is 9.61. The second kappa shape index (κ2) is 9.74. The maximum absolute atomic E-state index is 12.7. The van der Waals surface area contributed by atoms with Crippen molar-refractivity contribution in [3.63, 3.8) is 0 Å². The van der Waals surface area contributed by atoms with Crippen LogP contribution in [-0.4, -0.2) is 67.1 Å². The van der Waals surface area contributed by atoms with Gasteiger partial charge in [0.1, 0.15) is 5.75 Å². The topological polar surface area (TPSA) is 70.1 Å². The first-order chi connectivity index (χ1) is 12.8. The maximum atomic E-state index is 12.7. The molecule has 1 saturated heterocycles. The fraction of sp³-hybridized carbons (Fsp3) is 0.619. The predicted molar refractivity (Wildman–Crippen MR) is 105 cm³/mol. The number of likely N-dealkylation sites (tertiary alicyclic amines) is 1. The van der Waals surface area contributed by atoms with Crippen molar-refractivity contribution in [2.75, 3.05) is 34.3 Å². The number of carbonyl (C=O) groups is 2. The smallest absolute Gasteiger partial charge is 0.303 e. The van der Waals surface area contributed by atoms with Gasteiger partial charge in [0.15, 0.2) is 0 Å². The molecular weight excluding hydrogens is 344 g/mol. The molecule has 0 radical (unpaired) electrons. The summed E-state index contributed by atoms with van der Waals surface area (Å²) < 4.78 is 5.36. The van der Waals surface area contributed by atoms with Crippen LogP contribution >= 0.6 is 0 Å². The molecule has 1 heterocycles. The van der Waals surface area contributed by atoms with Gasteiger partial charge in [-0.25, -0.2) is 0 Å². The Morgan fingerprint density at radius 2 is 2.04 bits per heavy atom. The first kappa shape index (κ1) is 21.2. The minimum absolute atomic E-state index is 0.145. The summed E-state index contributed by atoms with van der Waals surface area (Å²) in [6.45, 7) is 3.38. The van der Waals surface area contributed by atoms with Crippen molar-refractivity contribution in [3.8, 4) is 5.75 Å². The maximum Gasteiger partial charge on any atom is 0.303 e. The Balaban J connectivity index is 1.94. The third kappa shape index (κ3) is 5.96. The zero-order chi connectivity index (χ0) is 20.0. The third-order valence-electron chi connectivity index (χ3n) is 5.54. The van der Waals surface area contributed by atoms with Gasteiger partial charge in [0.05, 0.1) is 7.11 Å².